The largest absolute Gasteiger partial charge is 0.393 e. The molecule has 4 aromatic rings. The van der Waals surface area contributed by atoms with Gasteiger partial charge in [-0.3, -0.25) is 4.57 Å². The molecule has 0 saturated carbocycles. The summed E-state index contributed by atoms with van der Waals surface area (Å²) in [6, 6.07) is 10.1. The Morgan fingerprint density at radius 2 is 1.87 bits per heavy atom. The van der Waals surface area contributed by atoms with Crippen LogP contribution in [0, 0.1) is 5.82 Å². The van der Waals surface area contributed by atoms with Crippen LogP contribution in [0.3, 0.4) is 0 Å². The van der Waals surface area contributed by atoms with Gasteiger partial charge in [-0.15, -0.1) is 0 Å². The molecular formula is C20H20FN7O2S. The van der Waals surface area contributed by atoms with Crippen LogP contribution in [-0.2, 0) is 9.84 Å². The van der Waals surface area contributed by atoms with Crippen molar-refractivity contribution < 1.29 is 12.8 Å². The van der Waals surface area contributed by atoms with Crippen molar-refractivity contribution in [2.24, 2.45) is 0 Å². The highest BCUT2D eigenvalue weighted by Crippen LogP contribution is 2.32. The first-order chi connectivity index (χ1) is 14.7. The summed E-state index contributed by atoms with van der Waals surface area (Å²) >= 11 is 0. The number of nitrogen functional groups attached to an aromatic ring is 2. The molecule has 0 saturated heterocycles. The molecule has 0 aliphatic carbocycles. The van der Waals surface area contributed by atoms with E-state index in [1.807, 2.05) is 0 Å². The van der Waals surface area contributed by atoms with Crippen LogP contribution >= 0.6 is 0 Å². The van der Waals surface area contributed by atoms with Crippen LogP contribution in [0.1, 0.15) is 18.8 Å². The lowest BCUT2D eigenvalue weighted by atomic mass is 10.2. The lowest BCUT2D eigenvalue weighted by Gasteiger charge is -2.19. The van der Waals surface area contributed by atoms with Crippen LogP contribution in [0.2, 0.25) is 0 Å². The summed E-state index contributed by atoms with van der Waals surface area (Å²) in [6.07, 6.45) is 2.40. The van der Waals surface area contributed by atoms with E-state index in [2.05, 4.69) is 20.3 Å². The van der Waals surface area contributed by atoms with Gasteiger partial charge in [0, 0.05) is 12.3 Å². The number of benzene rings is 2. The topological polar surface area (TPSA) is 142 Å². The standard InChI is InChI=1S/C20H20FN7O2S/c1-11(26-19-17(22)18(23)24-10-25-19)20-27-13-8-7-12(21)9-15(13)28(20)14-5-3-4-6-16(14)31(2,29)30/h3-11H,22H2,1-2H3,(H3,23,24,25,26)/t11-/m1/s1. The third-order valence-corrected chi connectivity index (χ3v) is 5.95. The van der Waals surface area contributed by atoms with E-state index in [1.54, 1.807) is 29.7 Å². The molecule has 1 atom stereocenters. The van der Waals surface area contributed by atoms with Gasteiger partial charge >= 0.3 is 0 Å². The molecule has 4 rings (SSSR count). The molecule has 0 amide bonds. The second-order valence-electron chi connectivity index (χ2n) is 7.07. The van der Waals surface area contributed by atoms with Crippen molar-refractivity contribution in [1.29, 1.82) is 0 Å². The predicted molar refractivity (Wildman–Crippen MR) is 117 cm³/mol. The lowest BCUT2D eigenvalue weighted by molar-refractivity contribution is 0.601. The summed E-state index contributed by atoms with van der Waals surface area (Å²) in [6.45, 7) is 1.80. The minimum atomic E-state index is -3.57. The number of rotatable bonds is 5. The average molecular weight is 441 g/mol. The molecule has 160 valence electrons. The molecule has 0 unspecified atom stereocenters. The van der Waals surface area contributed by atoms with Crippen LogP contribution in [0.5, 0.6) is 0 Å². The summed E-state index contributed by atoms with van der Waals surface area (Å²) in [5, 5.41) is 3.13. The Bertz CT molecular complexity index is 1400. The van der Waals surface area contributed by atoms with E-state index in [4.69, 9.17) is 11.5 Å². The van der Waals surface area contributed by atoms with Gasteiger partial charge in [0.2, 0.25) is 0 Å². The van der Waals surface area contributed by atoms with Crippen LogP contribution in [0.15, 0.2) is 53.7 Å². The maximum atomic E-state index is 14.1. The smallest absolute Gasteiger partial charge is 0.177 e. The summed E-state index contributed by atoms with van der Waals surface area (Å²) < 4.78 is 40.6. The highest BCUT2D eigenvalue weighted by atomic mass is 32.2. The number of anilines is 3. The lowest BCUT2D eigenvalue weighted by Crippen LogP contribution is -2.17. The molecule has 2 aromatic carbocycles. The van der Waals surface area contributed by atoms with Gasteiger partial charge in [-0.2, -0.15) is 0 Å². The van der Waals surface area contributed by atoms with E-state index in [1.165, 1.54) is 30.6 Å². The van der Waals surface area contributed by atoms with Gasteiger partial charge in [0.25, 0.3) is 0 Å². The number of halogens is 1. The Kier molecular flexibility index (Phi) is 4.97. The van der Waals surface area contributed by atoms with E-state index in [0.29, 0.717) is 28.4 Å². The fourth-order valence-electron chi connectivity index (χ4n) is 3.36. The van der Waals surface area contributed by atoms with Crippen LogP contribution in [0.25, 0.3) is 16.7 Å². The van der Waals surface area contributed by atoms with E-state index in [0.717, 1.165) is 6.26 Å². The molecule has 0 bridgehead atoms. The van der Waals surface area contributed by atoms with Gasteiger partial charge in [-0.05, 0) is 31.2 Å². The number of aromatic nitrogens is 4. The maximum Gasteiger partial charge on any atom is 0.177 e. The van der Waals surface area contributed by atoms with Crippen molar-refractivity contribution in [1.82, 2.24) is 19.5 Å². The molecule has 0 aliphatic heterocycles. The quantitative estimate of drug-likeness (QED) is 0.429. The number of hydrogen-bond acceptors (Lipinski definition) is 8. The maximum absolute atomic E-state index is 14.1. The molecule has 11 heteroatoms. The monoisotopic (exact) mass is 441 g/mol. The van der Waals surface area contributed by atoms with Crippen molar-refractivity contribution in [2.45, 2.75) is 17.9 Å². The first-order valence-corrected chi connectivity index (χ1v) is 11.2. The Morgan fingerprint density at radius 1 is 1.13 bits per heavy atom. The summed E-state index contributed by atoms with van der Waals surface area (Å²) in [7, 11) is -3.57. The fourth-order valence-corrected chi connectivity index (χ4v) is 4.22. The second kappa shape index (κ2) is 7.51. The number of nitrogens with two attached hydrogens (primary N) is 2. The van der Waals surface area contributed by atoms with E-state index in [-0.39, 0.29) is 16.4 Å². The minimum absolute atomic E-state index is 0.0952. The molecule has 2 aromatic heterocycles. The fraction of sp³-hybridized carbons (Fsp3) is 0.150. The van der Waals surface area contributed by atoms with Crippen LogP contribution in [0.4, 0.5) is 21.7 Å². The Labute approximate surface area is 177 Å². The molecular weight excluding hydrogens is 421 g/mol. The molecule has 2 heterocycles. The zero-order valence-electron chi connectivity index (χ0n) is 16.7. The van der Waals surface area contributed by atoms with Crippen molar-refractivity contribution >= 4 is 38.2 Å². The zero-order chi connectivity index (χ0) is 22.3. The van der Waals surface area contributed by atoms with Crippen LogP contribution in [-0.4, -0.2) is 34.2 Å². The predicted octanol–water partition coefficient (Wildman–Crippen LogP) is 2.70. The highest BCUT2D eigenvalue weighted by Gasteiger charge is 2.23. The zero-order valence-corrected chi connectivity index (χ0v) is 17.6. The number of nitrogens with one attached hydrogen (secondary N) is 1. The highest BCUT2D eigenvalue weighted by molar-refractivity contribution is 7.90. The van der Waals surface area contributed by atoms with Gasteiger partial charge in [0.1, 0.15) is 23.7 Å². The third-order valence-electron chi connectivity index (χ3n) is 4.80. The van der Waals surface area contributed by atoms with Crippen molar-refractivity contribution in [3.8, 4) is 5.69 Å². The third kappa shape index (κ3) is 3.75. The molecule has 31 heavy (non-hydrogen) atoms. The van der Waals surface area contributed by atoms with E-state index >= 15 is 0 Å². The normalized spacial score (nSPS) is 12.7. The van der Waals surface area contributed by atoms with E-state index in [9.17, 15) is 12.8 Å². The molecule has 0 aliphatic rings. The number of para-hydroxylation sites is 1. The molecule has 0 spiro atoms. The van der Waals surface area contributed by atoms with Gasteiger partial charge in [-0.25, -0.2) is 27.8 Å². The molecule has 5 N–H and O–H groups in total. The molecule has 0 radical (unpaired) electrons. The number of fused-ring (bicyclic) bond motifs is 1. The number of hydrogen-bond donors (Lipinski definition) is 3. The van der Waals surface area contributed by atoms with E-state index < -0.39 is 21.7 Å². The summed E-state index contributed by atoms with van der Waals surface area (Å²) in [5.41, 5.74) is 13.2. The van der Waals surface area contributed by atoms with Crippen LogP contribution < -0.4 is 16.8 Å². The van der Waals surface area contributed by atoms with Gasteiger partial charge in [-0.1, -0.05) is 12.1 Å². The average Bonchev–Trinajstić information content (AvgIpc) is 3.09. The summed E-state index contributed by atoms with van der Waals surface area (Å²) in [5.74, 6) is 0.405. The number of imidazole rings is 1. The first kappa shape index (κ1) is 20.5. The number of sulfone groups is 1. The molecule has 9 nitrogen and oxygen atoms in total. The molecule has 0 fully saturated rings. The van der Waals surface area contributed by atoms with Gasteiger partial charge in [0.15, 0.2) is 21.5 Å². The van der Waals surface area contributed by atoms with Crippen molar-refractivity contribution in [2.75, 3.05) is 23.0 Å². The Morgan fingerprint density at radius 3 is 2.61 bits per heavy atom. The second-order valence-corrected chi connectivity index (χ2v) is 9.05. The van der Waals surface area contributed by atoms with Gasteiger partial charge < -0.3 is 16.8 Å². The summed E-state index contributed by atoms with van der Waals surface area (Å²) in [4.78, 5) is 12.7. The first-order valence-electron chi connectivity index (χ1n) is 9.26. The Hall–Kier alpha value is -3.73. The Balaban J connectivity index is 1.95. The van der Waals surface area contributed by atoms with Crippen molar-refractivity contribution in [3.63, 3.8) is 0 Å². The number of nitrogens with zero attached hydrogens (tertiary/aromatic N) is 4. The van der Waals surface area contributed by atoms with Gasteiger partial charge in [0.05, 0.1) is 27.7 Å². The SMILES string of the molecule is C[C@@H](Nc1ncnc(N)c1N)c1nc2ccc(F)cc2n1-c1ccccc1S(C)(=O)=O. The van der Waals surface area contributed by atoms with Crippen molar-refractivity contribution in [3.05, 3.63) is 60.4 Å². The minimum Gasteiger partial charge on any atom is -0.393 e.